The number of nitrogens with one attached hydrogen (secondary N) is 1. The van der Waals surface area contributed by atoms with Crippen LogP contribution in [0.15, 0.2) is 29.2 Å². The highest BCUT2D eigenvalue weighted by Gasteiger charge is 2.21. The molecule has 0 radical (unpaired) electrons. The van der Waals surface area contributed by atoms with E-state index in [-0.39, 0.29) is 16.6 Å². The maximum Gasteiger partial charge on any atom is 0.251 e. The summed E-state index contributed by atoms with van der Waals surface area (Å²) in [6.07, 6.45) is 2.23. The topological polar surface area (TPSA) is 66.5 Å². The number of hydrogen-bond donors (Lipinski definition) is 1. The van der Waals surface area contributed by atoms with Crippen LogP contribution in [0, 0.1) is 11.8 Å². The second-order valence-electron chi connectivity index (χ2n) is 7.24. The second kappa shape index (κ2) is 8.81. The third-order valence-corrected chi connectivity index (χ3v) is 6.49. The van der Waals surface area contributed by atoms with Crippen LogP contribution in [0.2, 0.25) is 0 Å². The van der Waals surface area contributed by atoms with Crippen molar-refractivity contribution in [2.45, 2.75) is 38.5 Å². The van der Waals surface area contributed by atoms with E-state index in [2.05, 4.69) is 24.1 Å². The average molecular weight is 367 g/mol. The summed E-state index contributed by atoms with van der Waals surface area (Å²) in [7, 11) is -3.22. The fourth-order valence-electron chi connectivity index (χ4n) is 3.56. The molecule has 6 heteroatoms. The molecule has 2 rings (SSSR count). The monoisotopic (exact) mass is 366 g/mol. The van der Waals surface area contributed by atoms with Crippen LogP contribution in [0.25, 0.3) is 0 Å². The number of sulfone groups is 1. The molecule has 1 aromatic carbocycles. The van der Waals surface area contributed by atoms with Crippen LogP contribution in [-0.4, -0.2) is 51.2 Å². The molecule has 1 saturated heterocycles. The molecule has 1 aliphatic heterocycles. The Morgan fingerprint density at radius 2 is 1.76 bits per heavy atom. The first kappa shape index (κ1) is 19.9. The zero-order valence-electron chi connectivity index (χ0n) is 15.5. The molecule has 1 aliphatic rings. The normalized spacial score (nSPS) is 21.9. The number of amides is 1. The molecule has 0 bridgehead atoms. The third-order valence-electron chi connectivity index (χ3n) is 4.74. The summed E-state index contributed by atoms with van der Waals surface area (Å²) in [6.45, 7) is 10.1. The van der Waals surface area contributed by atoms with Gasteiger partial charge in [-0.2, -0.15) is 0 Å². The van der Waals surface area contributed by atoms with Gasteiger partial charge >= 0.3 is 0 Å². The third kappa shape index (κ3) is 5.82. The molecule has 1 heterocycles. The molecule has 25 heavy (non-hydrogen) atoms. The minimum absolute atomic E-state index is 0.0618. The van der Waals surface area contributed by atoms with Gasteiger partial charge in [-0.05, 0) is 55.5 Å². The first-order valence-electron chi connectivity index (χ1n) is 9.15. The Balaban J connectivity index is 1.77. The predicted molar refractivity (Wildman–Crippen MR) is 101 cm³/mol. The van der Waals surface area contributed by atoms with Crippen molar-refractivity contribution >= 4 is 15.7 Å². The lowest BCUT2D eigenvalue weighted by atomic mass is 9.92. The van der Waals surface area contributed by atoms with E-state index in [1.807, 2.05) is 0 Å². The van der Waals surface area contributed by atoms with Crippen LogP contribution >= 0.6 is 0 Å². The van der Waals surface area contributed by atoms with Crippen LogP contribution in [-0.2, 0) is 9.84 Å². The Morgan fingerprint density at radius 1 is 1.16 bits per heavy atom. The lowest BCUT2D eigenvalue weighted by Crippen LogP contribution is -2.40. The van der Waals surface area contributed by atoms with Gasteiger partial charge in [0, 0.05) is 25.2 Å². The van der Waals surface area contributed by atoms with Gasteiger partial charge in [0.05, 0.1) is 10.6 Å². The van der Waals surface area contributed by atoms with E-state index >= 15 is 0 Å². The van der Waals surface area contributed by atoms with Gasteiger partial charge < -0.3 is 10.2 Å². The molecule has 0 spiro atoms. The Labute approximate surface area is 151 Å². The van der Waals surface area contributed by atoms with Gasteiger partial charge in [-0.3, -0.25) is 4.79 Å². The maximum atomic E-state index is 12.2. The van der Waals surface area contributed by atoms with Crippen molar-refractivity contribution in [3.63, 3.8) is 0 Å². The molecule has 1 fully saturated rings. The molecule has 5 nitrogen and oxygen atoms in total. The molecule has 2 atom stereocenters. The summed E-state index contributed by atoms with van der Waals surface area (Å²) in [4.78, 5) is 14.9. The zero-order valence-corrected chi connectivity index (χ0v) is 16.3. The number of nitrogens with zero attached hydrogens (tertiary/aromatic N) is 1. The summed E-state index contributed by atoms with van der Waals surface area (Å²) in [5.74, 6) is 1.40. The van der Waals surface area contributed by atoms with Gasteiger partial charge in [-0.1, -0.05) is 20.8 Å². The molecule has 0 saturated carbocycles. The Kier molecular flexibility index (Phi) is 7.02. The summed E-state index contributed by atoms with van der Waals surface area (Å²) >= 11 is 0. The Morgan fingerprint density at radius 3 is 2.32 bits per heavy atom. The summed E-state index contributed by atoms with van der Waals surface area (Å²) < 4.78 is 23.6. The van der Waals surface area contributed by atoms with E-state index in [4.69, 9.17) is 0 Å². The number of likely N-dealkylation sites (tertiary alicyclic amines) is 1. The minimum atomic E-state index is -3.22. The van der Waals surface area contributed by atoms with E-state index in [9.17, 15) is 13.2 Å². The van der Waals surface area contributed by atoms with E-state index in [0.717, 1.165) is 37.9 Å². The lowest BCUT2D eigenvalue weighted by Gasteiger charge is -2.34. The van der Waals surface area contributed by atoms with Crippen molar-refractivity contribution < 1.29 is 13.2 Å². The van der Waals surface area contributed by atoms with Gasteiger partial charge in [0.25, 0.3) is 5.91 Å². The number of carbonyl (C=O) groups excluding carboxylic acids is 1. The van der Waals surface area contributed by atoms with Crippen LogP contribution < -0.4 is 5.32 Å². The fourth-order valence-corrected chi connectivity index (χ4v) is 4.45. The summed E-state index contributed by atoms with van der Waals surface area (Å²) in [5.41, 5.74) is 0.496. The molecule has 140 valence electrons. The van der Waals surface area contributed by atoms with Gasteiger partial charge in [-0.15, -0.1) is 0 Å². The highest BCUT2D eigenvalue weighted by atomic mass is 32.2. The minimum Gasteiger partial charge on any atom is -0.352 e. The first-order valence-corrected chi connectivity index (χ1v) is 10.8. The quantitative estimate of drug-likeness (QED) is 0.753. The SMILES string of the molecule is CCS(=O)(=O)c1ccc(C(=O)NCCCN2CC(C)CC(C)C2)cc1. The number of benzene rings is 1. The highest BCUT2D eigenvalue weighted by molar-refractivity contribution is 7.91. The van der Waals surface area contributed by atoms with Crippen molar-refractivity contribution in [2.75, 3.05) is 31.9 Å². The molecule has 1 amide bonds. The molecule has 2 unspecified atom stereocenters. The molecule has 1 N–H and O–H groups in total. The Hall–Kier alpha value is -1.40. The van der Waals surface area contributed by atoms with E-state index in [0.29, 0.717) is 12.1 Å². The molecule has 0 aromatic heterocycles. The van der Waals surface area contributed by atoms with Crippen molar-refractivity contribution in [2.24, 2.45) is 11.8 Å². The van der Waals surface area contributed by atoms with Crippen LogP contribution in [0.5, 0.6) is 0 Å². The molecular formula is C19H30N2O3S. The Bertz CT molecular complexity index is 660. The second-order valence-corrected chi connectivity index (χ2v) is 9.52. The summed E-state index contributed by atoms with van der Waals surface area (Å²) in [6, 6.07) is 6.16. The number of carbonyl (C=O) groups is 1. The van der Waals surface area contributed by atoms with Crippen LogP contribution in [0.4, 0.5) is 0 Å². The van der Waals surface area contributed by atoms with Gasteiger partial charge in [0.15, 0.2) is 9.84 Å². The predicted octanol–water partition coefficient (Wildman–Crippen LogP) is 2.58. The standard InChI is InChI=1S/C19H30N2O3S/c1-4-25(23,24)18-8-6-17(7-9-18)19(22)20-10-5-11-21-13-15(2)12-16(3)14-21/h6-9,15-16H,4-5,10-14H2,1-3H3,(H,20,22). The maximum absolute atomic E-state index is 12.2. The van der Waals surface area contributed by atoms with E-state index < -0.39 is 9.84 Å². The summed E-state index contributed by atoms with van der Waals surface area (Å²) in [5, 5.41) is 2.92. The van der Waals surface area contributed by atoms with E-state index in [1.165, 1.54) is 18.6 Å². The van der Waals surface area contributed by atoms with Crippen molar-refractivity contribution in [3.8, 4) is 0 Å². The highest BCUT2D eigenvalue weighted by Crippen LogP contribution is 2.20. The van der Waals surface area contributed by atoms with Crippen molar-refractivity contribution in [1.29, 1.82) is 0 Å². The lowest BCUT2D eigenvalue weighted by molar-refractivity contribution is 0.0947. The fraction of sp³-hybridized carbons (Fsp3) is 0.632. The smallest absolute Gasteiger partial charge is 0.251 e. The average Bonchev–Trinajstić information content (AvgIpc) is 2.58. The molecule has 1 aromatic rings. The van der Waals surface area contributed by atoms with Crippen molar-refractivity contribution in [3.05, 3.63) is 29.8 Å². The van der Waals surface area contributed by atoms with Gasteiger partial charge in [-0.25, -0.2) is 8.42 Å². The molecule has 0 aliphatic carbocycles. The largest absolute Gasteiger partial charge is 0.352 e. The van der Waals surface area contributed by atoms with Gasteiger partial charge in [0.1, 0.15) is 0 Å². The van der Waals surface area contributed by atoms with Crippen LogP contribution in [0.3, 0.4) is 0 Å². The number of piperidine rings is 1. The van der Waals surface area contributed by atoms with Crippen molar-refractivity contribution in [1.82, 2.24) is 10.2 Å². The van der Waals surface area contributed by atoms with Gasteiger partial charge in [0.2, 0.25) is 0 Å². The first-order chi connectivity index (χ1) is 11.8. The molecular weight excluding hydrogens is 336 g/mol. The number of hydrogen-bond acceptors (Lipinski definition) is 4. The van der Waals surface area contributed by atoms with Crippen LogP contribution in [0.1, 0.15) is 44.0 Å². The zero-order chi connectivity index (χ0) is 18.4. The number of rotatable bonds is 7. The van der Waals surface area contributed by atoms with E-state index in [1.54, 1.807) is 19.1 Å².